The molecule has 3 N–H and O–H groups in total. The van der Waals surface area contributed by atoms with E-state index in [-0.39, 0.29) is 17.9 Å². The van der Waals surface area contributed by atoms with Gasteiger partial charge in [0, 0.05) is 31.1 Å². The minimum atomic E-state index is -2.10. The number of carbonyl (C=O) groups is 2. The lowest BCUT2D eigenvalue weighted by atomic mass is 9.35. The molecule has 0 aromatic heterocycles. The summed E-state index contributed by atoms with van der Waals surface area (Å²) < 4.78 is 17.8. The van der Waals surface area contributed by atoms with Crippen LogP contribution in [0.3, 0.4) is 0 Å². The normalized spacial score (nSPS) is 52.7. The lowest BCUT2D eigenvalue weighted by molar-refractivity contribution is -0.476. The van der Waals surface area contributed by atoms with Gasteiger partial charge in [0.2, 0.25) is 5.79 Å². The minimum Gasteiger partial charge on any atom is -0.462 e. The summed E-state index contributed by atoms with van der Waals surface area (Å²) in [4.78, 5) is 24.4. The third-order valence-corrected chi connectivity index (χ3v) is 9.67. The molecule has 32 heavy (non-hydrogen) atoms. The van der Waals surface area contributed by atoms with Gasteiger partial charge in [-0.05, 0) is 42.6 Å². The highest BCUT2D eigenvalue weighted by Gasteiger charge is 2.87. The Hall–Kier alpha value is -1.48. The molecule has 2 saturated heterocycles. The first kappa shape index (κ1) is 22.3. The molecule has 8 nitrogen and oxygen atoms in total. The predicted octanol–water partition coefficient (Wildman–Crippen LogP) is 1.31. The first-order valence-electron chi connectivity index (χ1n) is 11.6. The van der Waals surface area contributed by atoms with Crippen LogP contribution in [0, 0.1) is 34.0 Å². The maximum Gasteiger partial charge on any atom is 0.303 e. The topological polar surface area (TPSA) is 123 Å². The van der Waals surface area contributed by atoms with E-state index in [0.717, 1.165) is 0 Å². The van der Waals surface area contributed by atoms with Crippen molar-refractivity contribution in [1.29, 1.82) is 0 Å². The summed E-state index contributed by atoms with van der Waals surface area (Å²) in [6.07, 6.45) is -1.53. The van der Waals surface area contributed by atoms with Crippen molar-refractivity contribution in [3.05, 3.63) is 12.2 Å². The summed E-state index contributed by atoms with van der Waals surface area (Å²) in [6, 6.07) is 0. The van der Waals surface area contributed by atoms with Gasteiger partial charge in [-0.3, -0.25) is 9.59 Å². The molecule has 4 aliphatic carbocycles. The van der Waals surface area contributed by atoms with Gasteiger partial charge in [0.15, 0.2) is 6.10 Å². The Morgan fingerprint density at radius 1 is 1.09 bits per heavy atom. The Balaban J connectivity index is 1.80. The SMILES string of the molecule is C=C1C2CCC3C45COC(O)(C(OC(C)=O)C4C(C)(C)CCC5OC(C)=O)C3(C1O)C2O. The van der Waals surface area contributed by atoms with Gasteiger partial charge in [-0.2, -0.15) is 0 Å². The molecular formula is C24H34O8. The molecule has 0 aromatic rings. The van der Waals surface area contributed by atoms with Gasteiger partial charge in [-0.25, -0.2) is 0 Å². The zero-order chi connectivity index (χ0) is 23.4. The Morgan fingerprint density at radius 3 is 2.38 bits per heavy atom. The molecule has 178 valence electrons. The number of rotatable bonds is 2. The molecule has 6 rings (SSSR count). The quantitative estimate of drug-likeness (QED) is 0.425. The standard InChI is InChI=1S/C24H34O8/c1-11-14-6-7-15-22-10-30-24(29,23(15,18(11)27)19(14)28)20(32-13(3)26)17(22)21(4,5)9-8-16(22)31-12(2)25/h14-20,27-29H,1,6-10H2,2-5H3. The van der Waals surface area contributed by atoms with Crippen molar-refractivity contribution in [2.45, 2.75) is 83.6 Å². The Kier molecular flexibility index (Phi) is 4.57. The number of hydrogen-bond acceptors (Lipinski definition) is 8. The fourth-order valence-corrected chi connectivity index (χ4v) is 8.78. The molecule has 6 aliphatic rings. The van der Waals surface area contributed by atoms with Crippen molar-refractivity contribution in [2.24, 2.45) is 34.0 Å². The lowest BCUT2D eigenvalue weighted by Gasteiger charge is -2.75. The molecule has 10 unspecified atom stereocenters. The number of carbonyl (C=O) groups excluding carboxylic acids is 2. The maximum atomic E-state index is 12.2. The molecular weight excluding hydrogens is 416 g/mol. The largest absolute Gasteiger partial charge is 0.462 e. The highest BCUT2D eigenvalue weighted by molar-refractivity contribution is 5.67. The highest BCUT2D eigenvalue weighted by atomic mass is 16.7. The van der Waals surface area contributed by atoms with Crippen LogP contribution in [0.2, 0.25) is 0 Å². The van der Waals surface area contributed by atoms with E-state index in [0.29, 0.717) is 31.3 Å². The highest BCUT2D eigenvalue weighted by Crippen LogP contribution is 2.78. The molecule has 6 fully saturated rings. The number of hydrogen-bond donors (Lipinski definition) is 3. The van der Waals surface area contributed by atoms with E-state index in [9.17, 15) is 24.9 Å². The minimum absolute atomic E-state index is 0.0936. The smallest absolute Gasteiger partial charge is 0.303 e. The van der Waals surface area contributed by atoms with E-state index >= 15 is 0 Å². The number of esters is 2. The van der Waals surface area contributed by atoms with Gasteiger partial charge in [0.1, 0.15) is 6.10 Å². The predicted molar refractivity (Wildman–Crippen MR) is 111 cm³/mol. The third-order valence-electron chi connectivity index (χ3n) is 9.67. The fourth-order valence-electron chi connectivity index (χ4n) is 8.78. The average Bonchev–Trinajstić information content (AvgIpc) is 2.80. The van der Waals surface area contributed by atoms with Gasteiger partial charge in [-0.15, -0.1) is 0 Å². The van der Waals surface area contributed by atoms with Crippen LogP contribution in [0.15, 0.2) is 12.2 Å². The Labute approximate surface area is 187 Å². The van der Waals surface area contributed by atoms with Gasteiger partial charge >= 0.3 is 11.9 Å². The Morgan fingerprint density at radius 2 is 1.75 bits per heavy atom. The molecule has 2 aliphatic heterocycles. The molecule has 2 heterocycles. The van der Waals surface area contributed by atoms with Crippen LogP contribution in [0.5, 0.6) is 0 Å². The van der Waals surface area contributed by atoms with E-state index in [1.165, 1.54) is 13.8 Å². The second-order valence-electron chi connectivity index (χ2n) is 11.3. The lowest BCUT2D eigenvalue weighted by Crippen LogP contribution is -2.86. The van der Waals surface area contributed by atoms with Crippen molar-refractivity contribution in [2.75, 3.05) is 6.61 Å². The summed E-state index contributed by atoms with van der Waals surface area (Å²) >= 11 is 0. The van der Waals surface area contributed by atoms with Crippen LogP contribution in [-0.4, -0.2) is 64.1 Å². The summed E-state index contributed by atoms with van der Waals surface area (Å²) in [5.41, 5.74) is -2.26. The summed E-state index contributed by atoms with van der Waals surface area (Å²) in [7, 11) is 0. The van der Waals surface area contributed by atoms with Gasteiger partial charge in [0.25, 0.3) is 0 Å². The number of aliphatic hydroxyl groups excluding tert-OH is 2. The third kappa shape index (κ3) is 2.27. The second kappa shape index (κ2) is 6.56. The number of fused-ring (bicyclic) bond motifs is 2. The second-order valence-corrected chi connectivity index (χ2v) is 11.3. The van der Waals surface area contributed by atoms with E-state index in [1.807, 2.05) is 0 Å². The van der Waals surface area contributed by atoms with Gasteiger partial charge in [-0.1, -0.05) is 20.4 Å². The summed E-state index contributed by atoms with van der Waals surface area (Å²) in [6.45, 7) is 10.9. The van der Waals surface area contributed by atoms with Crippen LogP contribution in [0.4, 0.5) is 0 Å². The fraction of sp³-hybridized carbons (Fsp3) is 0.833. The van der Waals surface area contributed by atoms with Crippen LogP contribution in [0.25, 0.3) is 0 Å². The van der Waals surface area contributed by atoms with E-state index in [1.54, 1.807) is 0 Å². The molecule has 10 atom stereocenters. The van der Waals surface area contributed by atoms with Crippen molar-refractivity contribution in [1.82, 2.24) is 0 Å². The van der Waals surface area contributed by atoms with Crippen LogP contribution in [0.1, 0.15) is 53.4 Å². The molecule has 2 spiro atoms. The average molecular weight is 451 g/mol. The molecule has 8 heteroatoms. The number of ether oxygens (including phenoxy) is 3. The zero-order valence-electron chi connectivity index (χ0n) is 19.2. The van der Waals surface area contributed by atoms with Crippen molar-refractivity contribution >= 4 is 11.9 Å². The Bertz CT molecular complexity index is 883. The maximum absolute atomic E-state index is 12.2. The summed E-state index contributed by atoms with van der Waals surface area (Å²) in [5.74, 6) is -4.28. The van der Waals surface area contributed by atoms with Crippen molar-refractivity contribution in [3.63, 3.8) is 0 Å². The molecule has 4 saturated carbocycles. The number of aliphatic hydroxyl groups is 3. The van der Waals surface area contributed by atoms with Crippen molar-refractivity contribution in [3.8, 4) is 0 Å². The van der Waals surface area contributed by atoms with E-state index < -0.39 is 64.8 Å². The molecule has 0 radical (unpaired) electrons. The monoisotopic (exact) mass is 450 g/mol. The molecule has 4 bridgehead atoms. The van der Waals surface area contributed by atoms with Gasteiger partial charge in [0.05, 0.1) is 24.2 Å². The van der Waals surface area contributed by atoms with Crippen molar-refractivity contribution < 1.29 is 39.1 Å². The van der Waals surface area contributed by atoms with Crippen LogP contribution < -0.4 is 0 Å². The molecule has 0 aromatic carbocycles. The zero-order valence-corrected chi connectivity index (χ0v) is 19.2. The van der Waals surface area contributed by atoms with Crippen LogP contribution in [-0.2, 0) is 23.8 Å². The van der Waals surface area contributed by atoms with E-state index in [4.69, 9.17) is 14.2 Å². The van der Waals surface area contributed by atoms with E-state index in [2.05, 4.69) is 20.4 Å². The first-order chi connectivity index (χ1) is 14.9. The first-order valence-corrected chi connectivity index (χ1v) is 11.6. The molecule has 0 amide bonds. The van der Waals surface area contributed by atoms with Crippen LogP contribution >= 0.6 is 0 Å². The summed E-state index contributed by atoms with van der Waals surface area (Å²) in [5, 5.41) is 35.3. The van der Waals surface area contributed by atoms with Gasteiger partial charge < -0.3 is 29.5 Å².